The van der Waals surface area contributed by atoms with Crippen molar-refractivity contribution in [1.29, 1.82) is 0 Å². The second-order valence-electron chi connectivity index (χ2n) is 4.75. The van der Waals surface area contributed by atoms with Gasteiger partial charge in [-0.1, -0.05) is 78.0 Å². The van der Waals surface area contributed by atoms with Crippen LogP contribution in [-0.2, 0) is 0 Å². The number of hydrogen-bond acceptors (Lipinski definition) is 1. The van der Waals surface area contributed by atoms with Crippen molar-refractivity contribution in [2.75, 3.05) is 0 Å². The van der Waals surface area contributed by atoms with Crippen molar-refractivity contribution in [3.05, 3.63) is 82.9 Å². The molecule has 0 bridgehead atoms. The Morgan fingerprint density at radius 3 is 2.75 bits per heavy atom. The molecule has 0 spiro atoms. The average Bonchev–Trinajstić information content (AvgIpc) is 2.61. The molecule has 0 saturated carbocycles. The van der Waals surface area contributed by atoms with Gasteiger partial charge in [0.15, 0.2) is 0 Å². The van der Waals surface area contributed by atoms with Crippen LogP contribution in [0.5, 0.6) is 5.75 Å². The number of rotatable bonds is 3. The number of phenolic OH excluding ortho intramolecular Hbond substituents is 1. The molecule has 1 atom stereocenters. The minimum atomic E-state index is 0.253. The van der Waals surface area contributed by atoms with E-state index < -0.39 is 0 Å². The molecule has 1 unspecified atom stereocenters. The zero-order valence-corrected chi connectivity index (χ0v) is 13.0. The maximum atomic E-state index is 10.0. The Balaban J connectivity index is 2.47. The zero-order chi connectivity index (χ0) is 14.5. The summed E-state index contributed by atoms with van der Waals surface area (Å²) in [5.74, 6) is 0.634. The molecule has 0 saturated heterocycles. The van der Waals surface area contributed by atoms with Gasteiger partial charge in [0.1, 0.15) is 5.75 Å². The van der Waals surface area contributed by atoms with E-state index in [1.165, 1.54) is 0 Å². The van der Waals surface area contributed by atoms with Crippen molar-refractivity contribution < 1.29 is 5.11 Å². The number of hydrogen-bond donors (Lipinski definition) is 1. The van der Waals surface area contributed by atoms with Gasteiger partial charge in [-0.15, -0.1) is 0 Å². The molecule has 0 heterocycles. The predicted octanol–water partition coefficient (Wildman–Crippen LogP) is 5.37. The number of halogens is 1. The molecule has 1 N–H and O–H groups in total. The molecule has 0 radical (unpaired) electrons. The molecule has 1 aromatic rings. The van der Waals surface area contributed by atoms with Gasteiger partial charge in [0, 0.05) is 10.0 Å². The maximum absolute atomic E-state index is 10.0. The minimum absolute atomic E-state index is 0.253. The van der Waals surface area contributed by atoms with Crippen LogP contribution in [0.3, 0.4) is 0 Å². The first-order chi connectivity index (χ1) is 9.58. The Morgan fingerprint density at radius 1 is 1.30 bits per heavy atom. The van der Waals surface area contributed by atoms with Crippen LogP contribution in [-0.4, -0.2) is 5.11 Å². The lowest BCUT2D eigenvalue weighted by Gasteiger charge is -2.09. The monoisotopic (exact) mass is 328 g/mol. The summed E-state index contributed by atoms with van der Waals surface area (Å²) in [7, 11) is 0. The van der Waals surface area contributed by atoms with Gasteiger partial charge in [-0.05, 0) is 29.2 Å². The molecule has 1 aliphatic rings. The van der Waals surface area contributed by atoms with Crippen LogP contribution in [0.25, 0.3) is 5.57 Å². The van der Waals surface area contributed by atoms with E-state index in [1.807, 2.05) is 36.4 Å². The third-order valence-electron chi connectivity index (χ3n) is 3.07. The van der Waals surface area contributed by atoms with Gasteiger partial charge in [-0.3, -0.25) is 0 Å². The van der Waals surface area contributed by atoms with Gasteiger partial charge in [-0.2, -0.15) is 0 Å². The molecule has 0 aromatic heterocycles. The highest BCUT2D eigenvalue weighted by atomic mass is 79.9. The van der Waals surface area contributed by atoms with E-state index in [0.29, 0.717) is 5.92 Å². The zero-order valence-electron chi connectivity index (χ0n) is 11.4. The molecule has 2 rings (SSSR count). The number of aromatic hydroxyl groups is 1. The fourth-order valence-electron chi connectivity index (χ4n) is 2.09. The fraction of sp³-hybridized carbons (Fsp3) is 0.111. The van der Waals surface area contributed by atoms with Gasteiger partial charge >= 0.3 is 0 Å². The largest absolute Gasteiger partial charge is 0.507 e. The lowest BCUT2D eigenvalue weighted by molar-refractivity contribution is 0.473. The van der Waals surface area contributed by atoms with E-state index in [2.05, 4.69) is 47.7 Å². The van der Waals surface area contributed by atoms with E-state index in [0.717, 1.165) is 21.2 Å². The van der Waals surface area contributed by atoms with Crippen molar-refractivity contribution >= 4 is 21.5 Å². The summed E-state index contributed by atoms with van der Waals surface area (Å²) in [5, 5.41) is 10.0. The third kappa shape index (κ3) is 3.61. The van der Waals surface area contributed by atoms with E-state index in [4.69, 9.17) is 0 Å². The first-order valence-electron chi connectivity index (χ1n) is 6.49. The van der Waals surface area contributed by atoms with Crippen LogP contribution in [0, 0.1) is 5.92 Å². The van der Waals surface area contributed by atoms with Crippen LogP contribution in [0.4, 0.5) is 0 Å². The Bertz CT molecular complexity index is 633. The lowest BCUT2D eigenvalue weighted by Crippen LogP contribution is -1.88. The molecule has 2 heteroatoms. The van der Waals surface area contributed by atoms with Gasteiger partial charge in [-0.25, -0.2) is 0 Å². The minimum Gasteiger partial charge on any atom is -0.507 e. The number of allylic oxidation sites excluding steroid dienone is 9. The Kier molecular flexibility index (Phi) is 4.80. The van der Waals surface area contributed by atoms with Crippen LogP contribution in [0.2, 0.25) is 0 Å². The molecule has 0 aliphatic heterocycles. The highest BCUT2D eigenvalue weighted by molar-refractivity contribution is 9.12. The Morgan fingerprint density at radius 2 is 2.05 bits per heavy atom. The quantitative estimate of drug-likeness (QED) is 0.739. The number of para-hydroxylation sites is 1. The van der Waals surface area contributed by atoms with Crippen molar-refractivity contribution in [3.63, 3.8) is 0 Å². The first-order valence-corrected chi connectivity index (χ1v) is 7.29. The average molecular weight is 329 g/mol. The Hall–Kier alpha value is -1.80. The molecule has 0 fully saturated rings. The van der Waals surface area contributed by atoms with Crippen molar-refractivity contribution in [2.24, 2.45) is 5.92 Å². The topological polar surface area (TPSA) is 20.2 Å². The first kappa shape index (κ1) is 14.6. The maximum Gasteiger partial charge on any atom is 0.123 e. The smallest absolute Gasteiger partial charge is 0.123 e. The summed E-state index contributed by atoms with van der Waals surface area (Å²) in [4.78, 5) is 0. The summed E-state index contributed by atoms with van der Waals surface area (Å²) < 4.78 is 0.748. The molecule has 1 aromatic carbocycles. The van der Waals surface area contributed by atoms with Crippen molar-refractivity contribution in [2.45, 2.75) is 6.92 Å². The highest BCUT2D eigenvalue weighted by Gasteiger charge is 2.09. The number of benzene rings is 1. The predicted molar refractivity (Wildman–Crippen MR) is 89.7 cm³/mol. The second kappa shape index (κ2) is 6.58. The van der Waals surface area contributed by atoms with Crippen LogP contribution in [0.15, 0.2) is 77.4 Å². The molecule has 1 nitrogen and oxygen atoms in total. The second-order valence-corrected chi connectivity index (χ2v) is 5.71. The summed E-state index contributed by atoms with van der Waals surface area (Å²) in [6.07, 6.45) is 12.5. The van der Waals surface area contributed by atoms with E-state index in [1.54, 1.807) is 6.07 Å². The molecule has 102 valence electrons. The summed E-state index contributed by atoms with van der Waals surface area (Å²) >= 11 is 3.43. The van der Waals surface area contributed by atoms with E-state index >= 15 is 0 Å². The number of phenols is 1. The molecular formula is C18H17BrO. The fourth-order valence-corrected chi connectivity index (χ4v) is 2.42. The SMILES string of the molecule is C=C(Br)/C(=C\C1=CC(C)C=CC=C1)c1ccccc1O. The van der Waals surface area contributed by atoms with Crippen LogP contribution >= 0.6 is 15.9 Å². The molecular weight excluding hydrogens is 312 g/mol. The van der Waals surface area contributed by atoms with Crippen molar-refractivity contribution in [1.82, 2.24) is 0 Å². The van der Waals surface area contributed by atoms with Gasteiger partial charge < -0.3 is 5.11 Å². The highest BCUT2D eigenvalue weighted by Crippen LogP contribution is 2.33. The van der Waals surface area contributed by atoms with Crippen LogP contribution < -0.4 is 0 Å². The molecule has 20 heavy (non-hydrogen) atoms. The lowest BCUT2D eigenvalue weighted by atomic mass is 10.00. The van der Waals surface area contributed by atoms with Gasteiger partial charge in [0.05, 0.1) is 0 Å². The van der Waals surface area contributed by atoms with Crippen LogP contribution in [0.1, 0.15) is 12.5 Å². The molecule has 1 aliphatic carbocycles. The third-order valence-corrected chi connectivity index (χ3v) is 3.49. The summed E-state index contributed by atoms with van der Waals surface area (Å²) in [6, 6.07) is 7.28. The van der Waals surface area contributed by atoms with Gasteiger partial charge in [0.25, 0.3) is 0 Å². The normalized spacial score (nSPS) is 18.6. The van der Waals surface area contributed by atoms with E-state index in [-0.39, 0.29) is 5.75 Å². The van der Waals surface area contributed by atoms with Crippen molar-refractivity contribution in [3.8, 4) is 5.75 Å². The molecule has 0 amide bonds. The van der Waals surface area contributed by atoms with Gasteiger partial charge in [0.2, 0.25) is 0 Å². The summed E-state index contributed by atoms with van der Waals surface area (Å²) in [5.41, 5.74) is 2.75. The summed E-state index contributed by atoms with van der Waals surface area (Å²) in [6.45, 7) is 6.09. The Labute approximate surface area is 128 Å². The van der Waals surface area contributed by atoms with E-state index in [9.17, 15) is 5.11 Å². The standard InChI is InChI=1S/C18H17BrO/c1-13-7-3-4-8-15(11-13)12-17(14(2)19)16-9-5-6-10-18(16)20/h3-13,20H,2H2,1H3/b17-12+.